The summed E-state index contributed by atoms with van der Waals surface area (Å²) in [5, 5.41) is 4.39. The van der Waals surface area contributed by atoms with Crippen LogP contribution in [0, 0.1) is 6.92 Å². The van der Waals surface area contributed by atoms with Crippen LogP contribution in [-0.4, -0.2) is 12.6 Å². The lowest BCUT2D eigenvalue weighted by Gasteiger charge is -2.23. The molecule has 1 aromatic carbocycles. The maximum absolute atomic E-state index is 5.97. The van der Waals surface area contributed by atoms with Crippen molar-refractivity contribution in [2.45, 2.75) is 31.8 Å². The highest BCUT2D eigenvalue weighted by atomic mass is 35.5. The van der Waals surface area contributed by atoms with Crippen molar-refractivity contribution in [2.24, 2.45) is 5.73 Å². The Hall–Kier alpha value is -0.830. The number of benzene rings is 1. The summed E-state index contributed by atoms with van der Waals surface area (Å²) in [6.45, 7) is 2.69. The topological polar surface area (TPSA) is 38.0 Å². The van der Waals surface area contributed by atoms with Gasteiger partial charge in [0.2, 0.25) is 0 Å². The lowest BCUT2D eigenvalue weighted by atomic mass is 10.00. The Labute approximate surface area is 108 Å². The third-order valence-electron chi connectivity index (χ3n) is 3.29. The van der Waals surface area contributed by atoms with Crippen molar-refractivity contribution in [2.75, 3.05) is 6.54 Å². The molecule has 1 atom stereocenters. The highest BCUT2D eigenvalue weighted by Crippen LogP contribution is 2.23. The fourth-order valence-corrected chi connectivity index (χ4v) is 2.58. The van der Waals surface area contributed by atoms with E-state index in [9.17, 15) is 0 Å². The molecule has 0 amide bonds. The number of nitrogens with one attached hydrogen (secondary N) is 1. The van der Waals surface area contributed by atoms with Crippen LogP contribution in [0.5, 0.6) is 0 Å². The minimum absolute atomic E-state index is 0.220. The lowest BCUT2D eigenvalue weighted by molar-refractivity contribution is 0.452. The van der Waals surface area contributed by atoms with E-state index in [2.05, 4.69) is 30.5 Å². The van der Waals surface area contributed by atoms with Crippen molar-refractivity contribution in [3.05, 3.63) is 46.5 Å². The van der Waals surface area contributed by atoms with E-state index in [-0.39, 0.29) is 6.04 Å². The quantitative estimate of drug-likeness (QED) is 0.807. The summed E-state index contributed by atoms with van der Waals surface area (Å²) in [6, 6.07) is 6.75. The molecule has 1 aliphatic rings. The molecule has 1 aliphatic carbocycles. The summed E-state index contributed by atoms with van der Waals surface area (Å²) in [5.74, 6) is 0. The van der Waals surface area contributed by atoms with Crippen LogP contribution in [0.2, 0.25) is 5.02 Å². The summed E-state index contributed by atoms with van der Waals surface area (Å²) in [5.41, 5.74) is 8.33. The number of aryl methyl sites for hydroxylation is 1. The first-order valence-corrected chi connectivity index (χ1v) is 6.45. The molecule has 0 aliphatic heterocycles. The summed E-state index contributed by atoms with van der Waals surface area (Å²) in [4.78, 5) is 0. The maximum Gasteiger partial charge on any atom is 0.0449 e. The van der Waals surface area contributed by atoms with Gasteiger partial charge in [0.1, 0.15) is 0 Å². The second kappa shape index (κ2) is 5.67. The number of nitrogens with two attached hydrogens (primary N) is 1. The molecule has 0 fully saturated rings. The molecule has 0 spiro atoms. The first kappa shape index (κ1) is 12.6. The second-order valence-electron chi connectivity index (χ2n) is 4.60. The highest BCUT2D eigenvalue weighted by molar-refractivity contribution is 6.30. The van der Waals surface area contributed by atoms with Crippen LogP contribution < -0.4 is 11.1 Å². The zero-order chi connectivity index (χ0) is 12.3. The average Bonchev–Trinajstić information content (AvgIpc) is 2.79. The van der Waals surface area contributed by atoms with Gasteiger partial charge >= 0.3 is 0 Å². The molecule has 0 bridgehead atoms. The zero-order valence-corrected chi connectivity index (χ0v) is 10.9. The van der Waals surface area contributed by atoms with Crippen molar-refractivity contribution in [1.82, 2.24) is 5.32 Å². The fourth-order valence-electron chi connectivity index (χ4n) is 2.35. The van der Waals surface area contributed by atoms with E-state index in [4.69, 9.17) is 17.3 Å². The van der Waals surface area contributed by atoms with Gasteiger partial charge in [-0.2, -0.15) is 0 Å². The predicted octanol–water partition coefficient (Wildman–Crippen LogP) is 2.96. The van der Waals surface area contributed by atoms with Gasteiger partial charge in [0.15, 0.2) is 0 Å². The van der Waals surface area contributed by atoms with E-state index in [1.165, 1.54) is 11.1 Å². The number of halogens is 1. The van der Waals surface area contributed by atoms with Gasteiger partial charge in [-0.15, -0.1) is 0 Å². The minimum atomic E-state index is 0.220. The minimum Gasteiger partial charge on any atom is -0.329 e. The highest BCUT2D eigenvalue weighted by Gasteiger charge is 2.17. The smallest absolute Gasteiger partial charge is 0.0449 e. The third-order valence-corrected chi connectivity index (χ3v) is 3.52. The second-order valence-corrected chi connectivity index (χ2v) is 5.03. The van der Waals surface area contributed by atoms with Gasteiger partial charge in [0.05, 0.1) is 0 Å². The summed E-state index contributed by atoms with van der Waals surface area (Å²) < 4.78 is 0. The molecule has 0 saturated carbocycles. The Kier molecular flexibility index (Phi) is 4.21. The number of hydrogen-bond acceptors (Lipinski definition) is 2. The van der Waals surface area contributed by atoms with Crippen molar-refractivity contribution < 1.29 is 0 Å². The van der Waals surface area contributed by atoms with Crippen LogP contribution in [-0.2, 0) is 0 Å². The first-order valence-electron chi connectivity index (χ1n) is 6.08. The fraction of sp³-hybridized carbons (Fsp3) is 0.429. The molecular weight excluding hydrogens is 232 g/mol. The van der Waals surface area contributed by atoms with Crippen LogP contribution in [0.3, 0.4) is 0 Å². The molecule has 2 nitrogen and oxygen atoms in total. The van der Waals surface area contributed by atoms with Crippen LogP contribution in [0.15, 0.2) is 30.4 Å². The predicted molar refractivity (Wildman–Crippen MR) is 73.3 cm³/mol. The van der Waals surface area contributed by atoms with Gasteiger partial charge in [-0.05, 0) is 43.0 Å². The molecule has 92 valence electrons. The van der Waals surface area contributed by atoms with Gasteiger partial charge < -0.3 is 11.1 Å². The van der Waals surface area contributed by atoms with Crippen molar-refractivity contribution >= 4 is 11.6 Å². The summed E-state index contributed by atoms with van der Waals surface area (Å²) in [7, 11) is 0. The monoisotopic (exact) mass is 250 g/mol. The van der Waals surface area contributed by atoms with Gasteiger partial charge in [0.25, 0.3) is 0 Å². The lowest BCUT2D eigenvalue weighted by Crippen LogP contribution is -2.35. The first-order chi connectivity index (χ1) is 8.20. The SMILES string of the molecule is Cc1cc(Cl)ccc1C(CN)NC1CC=CC1. The van der Waals surface area contributed by atoms with Crippen molar-refractivity contribution in [1.29, 1.82) is 0 Å². The van der Waals surface area contributed by atoms with E-state index in [0.717, 1.165) is 17.9 Å². The summed E-state index contributed by atoms with van der Waals surface area (Å²) >= 11 is 5.97. The van der Waals surface area contributed by atoms with E-state index < -0.39 is 0 Å². The van der Waals surface area contributed by atoms with Gasteiger partial charge in [0, 0.05) is 23.7 Å². The van der Waals surface area contributed by atoms with Crippen molar-refractivity contribution in [3.8, 4) is 0 Å². The Morgan fingerprint density at radius 1 is 1.41 bits per heavy atom. The van der Waals surface area contributed by atoms with Crippen LogP contribution in [0.25, 0.3) is 0 Å². The number of hydrogen-bond donors (Lipinski definition) is 2. The normalized spacial score (nSPS) is 17.6. The van der Waals surface area contributed by atoms with E-state index in [1.54, 1.807) is 0 Å². The standard InChI is InChI=1S/C14H19ClN2/c1-10-8-11(15)6-7-13(10)14(9-16)17-12-4-2-3-5-12/h2-3,6-8,12,14,17H,4-5,9,16H2,1H3. The van der Waals surface area contributed by atoms with E-state index >= 15 is 0 Å². The molecular formula is C14H19ClN2. The van der Waals surface area contributed by atoms with Crippen LogP contribution in [0.4, 0.5) is 0 Å². The Morgan fingerprint density at radius 2 is 2.12 bits per heavy atom. The van der Waals surface area contributed by atoms with Gasteiger partial charge in [-0.3, -0.25) is 0 Å². The Bertz CT molecular complexity index is 407. The number of rotatable bonds is 4. The molecule has 0 radical (unpaired) electrons. The van der Waals surface area contributed by atoms with Crippen LogP contribution >= 0.6 is 11.6 Å². The molecule has 3 heteroatoms. The van der Waals surface area contributed by atoms with E-state index in [1.807, 2.05) is 12.1 Å². The van der Waals surface area contributed by atoms with Gasteiger partial charge in [-0.25, -0.2) is 0 Å². The summed E-state index contributed by atoms with van der Waals surface area (Å²) in [6.07, 6.45) is 6.65. The third kappa shape index (κ3) is 3.09. The average molecular weight is 251 g/mol. The molecule has 3 N–H and O–H groups in total. The van der Waals surface area contributed by atoms with E-state index in [0.29, 0.717) is 12.6 Å². The Balaban J connectivity index is 2.11. The molecule has 0 aromatic heterocycles. The molecule has 2 rings (SSSR count). The van der Waals surface area contributed by atoms with Gasteiger partial charge in [-0.1, -0.05) is 29.8 Å². The molecule has 1 unspecified atom stereocenters. The molecule has 0 heterocycles. The van der Waals surface area contributed by atoms with Crippen molar-refractivity contribution in [3.63, 3.8) is 0 Å². The maximum atomic E-state index is 5.97. The molecule has 1 aromatic rings. The molecule has 0 saturated heterocycles. The molecule has 17 heavy (non-hydrogen) atoms. The van der Waals surface area contributed by atoms with Crippen LogP contribution in [0.1, 0.15) is 30.0 Å². The zero-order valence-electron chi connectivity index (χ0n) is 10.1. The Morgan fingerprint density at radius 3 is 2.71 bits per heavy atom. The largest absolute Gasteiger partial charge is 0.329 e.